The molecule has 0 saturated heterocycles. The lowest BCUT2D eigenvalue weighted by atomic mass is 9.98. The number of carbonyl (C=O) groups is 2. The van der Waals surface area contributed by atoms with Gasteiger partial charge in [-0.3, -0.25) is 4.79 Å². The van der Waals surface area contributed by atoms with Crippen LogP contribution >= 0.6 is 0 Å². The van der Waals surface area contributed by atoms with Crippen LogP contribution in [-0.2, 0) is 23.3 Å². The van der Waals surface area contributed by atoms with E-state index in [1.165, 1.54) is 0 Å². The molecule has 0 aliphatic carbocycles. The number of aryl methyl sites for hydroxylation is 1. The van der Waals surface area contributed by atoms with E-state index in [4.69, 9.17) is 10.5 Å². The Morgan fingerprint density at radius 1 is 1.09 bits per heavy atom. The summed E-state index contributed by atoms with van der Waals surface area (Å²) in [5.74, 6) is -0.257. The van der Waals surface area contributed by atoms with Crippen molar-refractivity contribution < 1.29 is 19.4 Å². The van der Waals surface area contributed by atoms with Crippen molar-refractivity contribution in [1.29, 1.82) is 0 Å². The molecule has 0 aliphatic heterocycles. The van der Waals surface area contributed by atoms with E-state index in [2.05, 4.69) is 4.98 Å². The molecule has 0 spiro atoms. The van der Waals surface area contributed by atoms with Gasteiger partial charge in [-0.2, -0.15) is 0 Å². The molecule has 7 heteroatoms. The molecule has 1 amide bonds. The SMILES string of the molecule is CCCc1nc(C(C)(C)O)c(C(=O)OCC)n1Cc1ccc(-c2ccccc2C(N)=O)cc1. The maximum Gasteiger partial charge on any atom is 0.357 e. The van der Waals surface area contributed by atoms with Crippen molar-refractivity contribution in [2.24, 2.45) is 5.73 Å². The number of nitrogens with two attached hydrogens (primary N) is 1. The van der Waals surface area contributed by atoms with Gasteiger partial charge in [-0.1, -0.05) is 49.4 Å². The summed E-state index contributed by atoms with van der Waals surface area (Å²) in [5.41, 5.74) is 7.86. The molecule has 3 N–H and O–H groups in total. The first-order valence-corrected chi connectivity index (χ1v) is 11.1. The number of nitrogens with zero attached hydrogens (tertiary/aromatic N) is 2. The molecule has 2 aromatic carbocycles. The fourth-order valence-corrected chi connectivity index (χ4v) is 3.84. The molecule has 1 aromatic heterocycles. The molecule has 174 valence electrons. The Bertz CT molecular complexity index is 1140. The summed E-state index contributed by atoms with van der Waals surface area (Å²) in [6, 6.07) is 15.0. The number of imidazole rings is 1. The number of hydrogen-bond acceptors (Lipinski definition) is 5. The monoisotopic (exact) mass is 449 g/mol. The van der Waals surface area contributed by atoms with E-state index in [-0.39, 0.29) is 12.3 Å². The Labute approximate surface area is 194 Å². The molecule has 3 rings (SSSR count). The zero-order chi connectivity index (χ0) is 24.2. The Hall–Kier alpha value is -3.45. The number of hydrogen-bond donors (Lipinski definition) is 2. The lowest BCUT2D eigenvalue weighted by Crippen LogP contribution is -2.23. The fraction of sp³-hybridized carbons (Fsp3) is 0.346. The second-order valence-corrected chi connectivity index (χ2v) is 8.45. The van der Waals surface area contributed by atoms with E-state index in [9.17, 15) is 14.7 Å². The predicted molar refractivity (Wildman–Crippen MR) is 127 cm³/mol. The summed E-state index contributed by atoms with van der Waals surface area (Å²) in [6.07, 6.45) is 1.50. The van der Waals surface area contributed by atoms with Crippen LogP contribution in [0.25, 0.3) is 11.1 Å². The van der Waals surface area contributed by atoms with E-state index in [0.717, 1.165) is 28.9 Å². The summed E-state index contributed by atoms with van der Waals surface area (Å²) < 4.78 is 7.13. The minimum atomic E-state index is -1.29. The number of rotatable bonds is 9. The Morgan fingerprint density at radius 2 is 1.76 bits per heavy atom. The van der Waals surface area contributed by atoms with Crippen LogP contribution in [0.4, 0.5) is 0 Å². The Kier molecular flexibility index (Phi) is 7.33. The zero-order valence-corrected chi connectivity index (χ0v) is 19.6. The number of aliphatic hydroxyl groups is 1. The second-order valence-electron chi connectivity index (χ2n) is 8.45. The molecule has 0 atom stereocenters. The van der Waals surface area contributed by atoms with Crippen LogP contribution < -0.4 is 5.73 Å². The van der Waals surface area contributed by atoms with Crippen LogP contribution in [0.1, 0.15) is 72.0 Å². The van der Waals surface area contributed by atoms with Gasteiger partial charge < -0.3 is 20.1 Å². The smallest absolute Gasteiger partial charge is 0.357 e. The standard InChI is InChI=1S/C26H31N3O4/c1-5-9-21-28-23(26(3,4)32)22(25(31)33-6-2)29(21)16-17-12-14-18(15-13-17)19-10-7-8-11-20(19)24(27)30/h7-8,10-15,32H,5-6,9,16H2,1-4H3,(H2,27,30). The number of ether oxygens (including phenoxy) is 1. The van der Waals surface area contributed by atoms with Gasteiger partial charge in [-0.15, -0.1) is 0 Å². The molecule has 33 heavy (non-hydrogen) atoms. The summed E-state index contributed by atoms with van der Waals surface area (Å²) in [7, 11) is 0. The van der Waals surface area contributed by atoms with Gasteiger partial charge >= 0.3 is 5.97 Å². The maximum atomic E-state index is 12.8. The second kappa shape index (κ2) is 10.0. The van der Waals surface area contributed by atoms with Crippen LogP contribution in [0, 0.1) is 0 Å². The van der Waals surface area contributed by atoms with Crippen molar-refractivity contribution in [2.45, 2.75) is 52.7 Å². The molecule has 0 bridgehead atoms. The first-order chi connectivity index (χ1) is 15.7. The zero-order valence-electron chi connectivity index (χ0n) is 19.6. The highest BCUT2D eigenvalue weighted by molar-refractivity contribution is 5.99. The number of aromatic nitrogens is 2. The molecular formula is C26H31N3O4. The van der Waals surface area contributed by atoms with Gasteiger partial charge in [0.2, 0.25) is 5.91 Å². The van der Waals surface area contributed by atoms with E-state index >= 15 is 0 Å². The number of primary amides is 1. The van der Waals surface area contributed by atoms with Crippen molar-refractivity contribution in [1.82, 2.24) is 9.55 Å². The third-order valence-corrected chi connectivity index (χ3v) is 5.37. The van der Waals surface area contributed by atoms with Crippen molar-refractivity contribution in [2.75, 3.05) is 6.61 Å². The molecule has 1 heterocycles. The van der Waals surface area contributed by atoms with Gasteiger partial charge in [0.25, 0.3) is 0 Å². The van der Waals surface area contributed by atoms with Crippen LogP contribution in [0.5, 0.6) is 0 Å². The number of benzene rings is 2. The quantitative estimate of drug-likeness (QED) is 0.479. The summed E-state index contributed by atoms with van der Waals surface area (Å²) in [6.45, 7) is 7.64. The van der Waals surface area contributed by atoms with Crippen LogP contribution in [0.2, 0.25) is 0 Å². The minimum absolute atomic E-state index is 0.229. The van der Waals surface area contributed by atoms with Crippen LogP contribution in [0.3, 0.4) is 0 Å². The van der Waals surface area contributed by atoms with Crippen LogP contribution in [0.15, 0.2) is 48.5 Å². The van der Waals surface area contributed by atoms with Crippen molar-refractivity contribution in [3.63, 3.8) is 0 Å². The van der Waals surface area contributed by atoms with Gasteiger partial charge in [0, 0.05) is 18.5 Å². The normalized spacial score (nSPS) is 11.4. The van der Waals surface area contributed by atoms with Gasteiger partial charge in [0.15, 0.2) is 5.69 Å². The highest BCUT2D eigenvalue weighted by Crippen LogP contribution is 2.28. The summed E-state index contributed by atoms with van der Waals surface area (Å²) >= 11 is 0. The van der Waals surface area contributed by atoms with Crippen molar-refractivity contribution in [3.8, 4) is 11.1 Å². The lowest BCUT2D eigenvalue weighted by molar-refractivity contribution is 0.0469. The molecule has 0 unspecified atom stereocenters. The third kappa shape index (κ3) is 5.31. The topological polar surface area (TPSA) is 107 Å². The molecule has 0 radical (unpaired) electrons. The number of carbonyl (C=O) groups excluding carboxylic acids is 2. The Balaban J connectivity index is 2.03. The molecule has 0 fully saturated rings. The summed E-state index contributed by atoms with van der Waals surface area (Å²) in [5, 5.41) is 10.7. The summed E-state index contributed by atoms with van der Waals surface area (Å²) in [4.78, 5) is 29.3. The highest BCUT2D eigenvalue weighted by Gasteiger charge is 2.32. The maximum absolute atomic E-state index is 12.8. The lowest BCUT2D eigenvalue weighted by Gasteiger charge is -2.17. The molecule has 0 saturated carbocycles. The largest absolute Gasteiger partial charge is 0.461 e. The predicted octanol–water partition coefficient (Wildman–Crippen LogP) is 4.05. The third-order valence-electron chi connectivity index (χ3n) is 5.37. The van der Waals surface area contributed by atoms with Crippen molar-refractivity contribution in [3.05, 3.63) is 76.9 Å². The molecule has 7 nitrogen and oxygen atoms in total. The first-order valence-electron chi connectivity index (χ1n) is 11.1. The number of esters is 1. The van der Waals surface area contributed by atoms with Crippen LogP contribution in [-0.4, -0.2) is 33.1 Å². The van der Waals surface area contributed by atoms with Gasteiger partial charge in [0.05, 0.1) is 6.61 Å². The highest BCUT2D eigenvalue weighted by atomic mass is 16.5. The average molecular weight is 450 g/mol. The van der Waals surface area contributed by atoms with Crippen molar-refractivity contribution >= 4 is 11.9 Å². The van der Waals surface area contributed by atoms with E-state index in [1.807, 2.05) is 47.9 Å². The van der Waals surface area contributed by atoms with Gasteiger partial charge in [-0.05, 0) is 49.9 Å². The van der Waals surface area contributed by atoms with E-state index < -0.39 is 17.5 Å². The van der Waals surface area contributed by atoms with E-state index in [0.29, 0.717) is 24.2 Å². The van der Waals surface area contributed by atoms with Gasteiger partial charge in [-0.25, -0.2) is 9.78 Å². The molecule has 0 aliphatic rings. The Morgan fingerprint density at radius 3 is 2.33 bits per heavy atom. The fourth-order valence-electron chi connectivity index (χ4n) is 3.84. The van der Waals surface area contributed by atoms with E-state index in [1.54, 1.807) is 32.9 Å². The minimum Gasteiger partial charge on any atom is -0.461 e. The average Bonchev–Trinajstić information content (AvgIpc) is 3.13. The van der Waals surface area contributed by atoms with Gasteiger partial charge in [0.1, 0.15) is 17.1 Å². The molecular weight excluding hydrogens is 418 g/mol. The molecule has 3 aromatic rings. The number of amides is 1. The first kappa shape index (κ1) is 24.2.